The van der Waals surface area contributed by atoms with Gasteiger partial charge in [-0.15, -0.1) is 0 Å². The molecule has 0 N–H and O–H groups in total. The smallest absolute Gasteiger partial charge is 0.0659 e. The molecule has 0 bridgehead atoms. The van der Waals surface area contributed by atoms with Gasteiger partial charge < -0.3 is 4.90 Å². The van der Waals surface area contributed by atoms with Crippen LogP contribution >= 0.6 is 0 Å². The van der Waals surface area contributed by atoms with Gasteiger partial charge in [0.15, 0.2) is 0 Å². The zero-order valence-electron chi connectivity index (χ0n) is 12.8. The highest BCUT2D eigenvalue weighted by molar-refractivity contribution is 5.85. The largest absolute Gasteiger partial charge is 0.372 e. The van der Waals surface area contributed by atoms with E-state index in [1.165, 1.54) is 48.3 Å². The molecular formula is C19H22N2. The lowest BCUT2D eigenvalue weighted by molar-refractivity contribution is 0.949. The lowest BCUT2D eigenvalue weighted by Crippen LogP contribution is -2.17. The Kier molecular flexibility index (Phi) is 4.05. The van der Waals surface area contributed by atoms with Crippen LogP contribution < -0.4 is 4.90 Å². The maximum Gasteiger partial charge on any atom is 0.0659 e. The average molecular weight is 278 g/mol. The van der Waals surface area contributed by atoms with Gasteiger partial charge in [0.1, 0.15) is 0 Å². The molecule has 2 nitrogen and oxygen atoms in total. The fourth-order valence-corrected chi connectivity index (χ4v) is 2.82. The van der Waals surface area contributed by atoms with Crippen molar-refractivity contribution < 1.29 is 0 Å². The first-order chi connectivity index (χ1) is 10.2. The highest BCUT2D eigenvalue weighted by Crippen LogP contribution is 2.23. The molecule has 3 rings (SSSR count). The minimum Gasteiger partial charge on any atom is -0.372 e. The summed E-state index contributed by atoms with van der Waals surface area (Å²) in [5, 5.41) is 0. The van der Waals surface area contributed by atoms with E-state index in [-0.39, 0.29) is 0 Å². The zero-order chi connectivity index (χ0) is 14.7. The van der Waals surface area contributed by atoms with Gasteiger partial charge in [-0.1, -0.05) is 24.3 Å². The third-order valence-corrected chi connectivity index (χ3v) is 4.18. The number of anilines is 1. The summed E-state index contributed by atoms with van der Waals surface area (Å²) in [6.45, 7) is 6.64. The maximum absolute atomic E-state index is 4.63. The number of rotatable bonds is 3. The van der Waals surface area contributed by atoms with E-state index in [0.29, 0.717) is 0 Å². The molecule has 1 saturated heterocycles. The molecule has 1 aliphatic rings. The van der Waals surface area contributed by atoms with Crippen molar-refractivity contribution >= 4 is 17.6 Å². The Bertz CT molecular complexity index is 652. The van der Waals surface area contributed by atoms with Crippen molar-refractivity contribution in [2.24, 2.45) is 4.99 Å². The molecule has 0 saturated carbocycles. The average Bonchev–Trinajstić information content (AvgIpc) is 3.02. The predicted molar refractivity (Wildman–Crippen MR) is 91.1 cm³/mol. The van der Waals surface area contributed by atoms with Crippen molar-refractivity contribution in [3.63, 3.8) is 0 Å². The number of benzene rings is 2. The van der Waals surface area contributed by atoms with Gasteiger partial charge in [0.2, 0.25) is 0 Å². The number of hydrogen-bond acceptors (Lipinski definition) is 2. The van der Waals surface area contributed by atoms with Gasteiger partial charge in [-0.2, -0.15) is 0 Å². The van der Waals surface area contributed by atoms with Gasteiger partial charge in [0, 0.05) is 25.0 Å². The second-order valence-corrected chi connectivity index (χ2v) is 5.78. The van der Waals surface area contributed by atoms with Crippen LogP contribution in [0.15, 0.2) is 47.5 Å². The van der Waals surface area contributed by atoms with E-state index in [9.17, 15) is 0 Å². The van der Waals surface area contributed by atoms with Gasteiger partial charge in [0.25, 0.3) is 0 Å². The molecule has 0 radical (unpaired) electrons. The highest BCUT2D eigenvalue weighted by atomic mass is 15.1. The van der Waals surface area contributed by atoms with E-state index in [0.717, 1.165) is 5.69 Å². The zero-order valence-corrected chi connectivity index (χ0v) is 12.8. The van der Waals surface area contributed by atoms with Crippen LogP contribution in [0.4, 0.5) is 11.4 Å². The quantitative estimate of drug-likeness (QED) is 0.746. The second-order valence-electron chi connectivity index (χ2n) is 5.78. The number of nitrogens with zero attached hydrogens (tertiary/aromatic N) is 2. The Hall–Kier alpha value is -2.09. The van der Waals surface area contributed by atoms with Crippen molar-refractivity contribution in [1.82, 2.24) is 0 Å². The summed E-state index contributed by atoms with van der Waals surface area (Å²) in [5.41, 5.74) is 6.08. The summed E-state index contributed by atoms with van der Waals surface area (Å²) in [6.07, 6.45) is 4.61. The van der Waals surface area contributed by atoms with Crippen molar-refractivity contribution in [3.8, 4) is 0 Å². The molecule has 1 fully saturated rings. The molecule has 2 heteroatoms. The first-order valence-electron chi connectivity index (χ1n) is 7.69. The van der Waals surface area contributed by atoms with Crippen LogP contribution in [0.1, 0.15) is 29.5 Å². The van der Waals surface area contributed by atoms with E-state index < -0.39 is 0 Å². The Labute approximate surface area is 127 Å². The van der Waals surface area contributed by atoms with Crippen LogP contribution in [0.2, 0.25) is 0 Å². The fraction of sp³-hybridized carbons (Fsp3) is 0.316. The molecule has 108 valence electrons. The molecule has 0 atom stereocenters. The van der Waals surface area contributed by atoms with Gasteiger partial charge in [0.05, 0.1) is 5.69 Å². The van der Waals surface area contributed by atoms with Gasteiger partial charge in [-0.05, 0) is 61.6 Å². The van der Waals surface area contributed by atoms with E-state index in [1.807, 2.05) is 18.3 Å². The Morgan fingerprint density at radius 2 is 1.71 bits per heavy atom. The minimum atomic E-state index is 1.04. The molecule has 2 aromatic rings. The normalized spacial score (nSPS) is 15.0. The number of aliphatic imine (C=N–C) groups is 1. The van der Waals surface area contributed by atoms with Gasteiger partial charge >= 0.3 is 0 Å². The molecule has 0 amide bonds. The predicted octanol–water partition coefficient (Wildman–Crippen LogP) is 4.65. The van der Waals surface area contributed by atoms with Crippen molar-refractivity contribution in [2.75, 3.05) is 18.0 Å². The first-order valence-corrected chi connectivity index (χ1v) is 7.69. The number of hydrogen-bond donors (Lipinski definition) is 0. The third-order valence-electron chi connectivity index (χ3n) is 4.18. The fourth-order valence-electron chi connectivity index (χ4n) is 2.82. The lowest BCUT2D eigenvalue weighted by Gasteiger charge is -2.18. The summed E-state index contributed by atoms with van der Waals surface area (Å²) in [4.78, 5) is 7.09. The van der Waals surface area contributed by atoms with Crippen molar-refractivity contribution in [2.45, 2.75) is 26.7 Å². The van der Waals surface area contributed by atoms with E-state index in [1.54, 1.807) is 0 Å². The van der Waals surface area contributed by atoms with Crippen LogP contribution in [0.5, 0.6) is 0 Å². The molecular weight excluding hydrogens is 256 g/mol. The third kappa shape index (κ3) is 3.15. The Morgan fingerprint density at radius 3 is 2.43 bits per heavy atom. The minimum absolute atomic E-state index is 1.04. The van der Waals surface area contributed by atoms with Crippen LogP contribution in [-0.4, -0.2) is 19.3 Å². The molecule has 21 heavy (non-hydrogen) atoms. The van der Waals surface area contributed by atoms with Crippen molar-refractivity contribution in [1.29, 1.82) is 0 Å². The highest BCUT2D eigenvalue weighted by Gasteiger charge is 2.12. The molecule has 1 heterocycles. The molecule has 2 aromatic carbocycles. The van der Waals surface area contributed by atoms with Gasteiger partial charge in [-0.3, -0.25) is 4.99 Å². The summed E-state index contributed by atoms with van der Waals surface area (Å²) < 4.78 is 0. The standard InChI is InChI=1S/C19H22N2/c1-15-7-3-4-8-19(15)20-14-17-9-10-18(13-16(17)2)21-11-5-6-12-21/h3-4,7-10,13-14H,5-6,11-12H2,1-2H3. The van der Waals surface area contributed by atoms with E-state index in [4.69, 9.17) is 0 Å². The van der Waals surface area contributed by atoms with Crippen LogP contribution in [0, 0.1) is 13.8 Å². The number of para-hydroxylation sites is 1. The summed E-state index contributed by atoms with van der Waals surface area (Å²) >= 11 is 0. The maximum atomic E-state index is 4.63. The number of aryl methyl sites for hydroxylation is 2. The Balaban J connectivity index is 1.81. The summed E-state index contributed by atoms with van der Waals surface area (Å²) in [5.74, 6) is 0. The van der Waals surface area contributed by atoms with Crippen LogP contribution in [0.25, 0.3) is 0 Å². The lowest BCUT2D eigenvalue weighted by atomic mass is 10.1. The first kappa shape index (κ1) is 13.9. The summed E-state index contributed by atoms with van der Waals surface area (Å²) in [7, 11) is 0. The molecule has 1 aliphatic heterocycles. The molecule has 0 unspecified atom stereocenters. The van der Waals surface area contributed by atoms with Crippen LogP contribution in [-0.2, 0) is 0 Å². The van der Waals surface area contributed by atoms with Gasteiger partial charge in [-0.25, -0.2) is 0 Å². The SMILES string of the molecule is Cc1cc(N2CCCC2)ccc1C=Nc1ccccc1C. The summed E-state index contributed by atoms with van der Waals surface area (Å²) in [6, 6.07) is 14.9. The Morgan fingerprint density at radius 1 is 0.952 bits per heavy atom. The molecule has 0 spiro atoms. The molecule has 0 aliphatic carbocycles. The van der Waals surface area contributed by atoms with E-state index >= 15 is 0 Å². The topological polar surface area (TPSA) is 15.6 Å². The van der Waals surface area contributed by atoms with Crippen LogP contribution in [0.3, 0.4) is 0 Å². The monoisotopic (exact) mass is 278 g/mol. The second kappa shape index (κ2) is 6.13. The van der Waals surface area contributed by atoms with Crippen molar-refractivity contribution in [3.05, 3.63) is 59.2 Å². The molecule has 0 aromatic heterocycles. The van der Waals surface area contributed by atoms with E-state index in [2.05, 4.69) is 54.1 Å².